The van der Waals surface area contributed by atoms with E-state index in [0.29, 0.717) is 31.4 Å². The van der Waals surface area contributed by atoms with Gasteiger partial charge < -0.3 is 26.2 Å². The van der Waals surface area contributed by atoms with E-state index in [4.69, 9.17) is 6.42 Å². The van der Waals surface area contributed by atoms with Gasteiger partial charge in [0.2, 0.25) is 17.6 Å². The maximum Gasteiger partial charge on any atom is 0.315 e. The Balaban J connectivity index is 0.00000738. The Morgan fingerprint density at radius 3 is 2.04 bits per heavy atom. The van der Waals surface area contributed by atoms with Gasteiger partial charge in [0.05, 0.1) is 11.6 Å². The summed E-state index contributed by atoms with van der Waals surface area (Å²) in [5.74, 6) is 0.0309. The van der Waals surface area contributed by atoms with E-state index in [2.05, 4.69) is 47.6 Å². The maximum absolute atomic E-state index is 14.1. The largest absolute Gasteiger partial charge is 0.346 e. The molecule has 12 heteroatoms. The van der Waals surface area contributed by atoms with Crippen molar-refractivity contribution in [2.45, 2.75) is 155 Å². The van der Waals surface area contributed by atoms with Crippen LogP contribution in [0.4, 0.5) is 4.79 Å². The van der Waals surface area contributed by atoms with Crippen molar-refractivity contribution in [1.82, 2.24) is 26.2 Å². The van der Waals surface area contributed by atoms with Gasteiger partial charge in [-0.25, -0.2) is 4.79 Å². The summed E-state index contributed by atoms with van der Waals surface area (Å²) in [5, 5.41) is 11.1. The molecule has 1 aliphatic heterocycles. The smallest absolute Gasteiger partial charge is 0.315 e. The van der Waals surface area contributed by atoms with Crippen molar-refractivity contribution in [3.05, 3.63) is 12.7 Å². The number of ketones is 1. The summed E-state index contributed by atoms with van der Waals surface area (Å²) in [7, 11) is -1.22. The quantitative estimate of drug-likeness (QED) is 0.0972. The van der Waals surface area contributed by atoms with Crippen molar-refractivity contribution in [1.29, 1.82) is 0 Å². The van der Waals surface area contributed by atoms with E-state index in [9.17, 15) is 28.2 Å². The van der Waals surface area contributed by atoms with Gasteiger partial charge in [0.1, 0.15) is 12.1 Å². The minimum absolute atomic E-state index is 0.0624. The van der Waals surface area contributed by atoms with Gasteiger partial charge in [-0.2, -0.15) is 0 Å². The van der Waals surface area contributed by atoms with Gasteiger partial charge >= 0.3 is 6.03 Å². The first-order chi connectivity index (χ1) is 22.8. The lowest BCUT2D eigenvalue weighted by atomic mass is 9.85. The van der Waals surface area contributed by atoms with E-state index in [0.717, 1.165) is 12.8 Å². The molecule has 0 aromatic heterocycles. The number of nitrogens with one attached hydrogen (secondary N) is 4. The van der Waals surface area contributed by atoms with Gasteiger partial charge in [-0.3, -0.25) is 23.4 Å². The Kier molecular flexibility index (Phi) is 20.4. The van der Waals surface area contributed by atoms with E-state index >= 15 is 0 Å². The zero-order valence-corrected chi connectivity index (χ0v) is 32.7. The van der Waals surface area contributed by atoms with E-state index < -0.39 is 74.2 Å². The van der Waals surface area contributed by atoms with Gasteiger partial charge in [-0.15, -0.1) is 18.9 Å². The van der Waals surface area contributed by atoms with E-state index in [1.807, 2.05) is 55.4 Å². The first kappa shape index (κ1) is 45.8. The number of hydrogen-bond donors (Lipinski definition) is 4. The Hall–Kier alpha value is -3.20. The zero-order chi connectivity index (χ0) is 38.0. The molecule has 0 bridgehead atoms. The summed E-state index contributed by atoms with van der Waals surface area (Å²) in [4.78, 5) is 67.8. The number of Topliss-reactive ketones (excluding diaryl/α,β-unsaturated/α-hetero) is 1. The molecule has 4 N–H and O–H groups in total. The molecule has 0 spiro atoms. The predicted molar refractivity (Wildman–Crippen MR) is 199 cm³/mol. The predicted octanol–water partition coefficient (Wildman–Crippen LogP) is 4.76. The molecule has 1 heterocycles. The summed E-state index contributed by atoms with van der Waals surface area (Å²) in [6.07, 6.45) is 12.0. The van der Waals surface area contributed by atoms with Crippen LogP contribution >= 0.6 is 0 Å². The molecule has 1 fully saturated rings. The molecule has 1 aliphatic rings. The van der Waals surface area contributed by atoms with Crippen LogP contribution < -0.4 is 21.3 Å². The minimum atomic E-state index is -1.22. The van der Waals surface area contributed by atoms with E-state index in [1.165, 1.54) is 17.4 Å². The molecular weight excluding hydrogens is 643 g/mol. The van der Waals surface area contributed by atoms with E-state index in [-0.39, 0.29) is 25.9 Å². The summed E-state index contributed by atoms with van der Waals surface area (Å²) in [6.45, 7) is 23.4. The second-order valence-corrected chi connectivity index (χ2v) is 17.0. The lowest BCUT2D eigenvalue weighted by molar-refractivity contribution is -0.143. The molecule has 280 valence electrons. The number of carbonyl (C=O) groups excluding carboxylic acids is 5. The first-order valence-electron chi connectivity index (χ1n) is 17.7. The van der Waals surface area contributed by atoms with Gasteiger partial charge in [0.15, 0.2) is 0 Å². The highest BCUT2D eigenvalue weighted by Crippen LogP contribution is 2.28. The van der Waals surface area contributed by atoms with Crippen molar-refractivity contribution in [2.75, 3.05) is 18.8 Å². The molecule has 0 radical (unpaired) electrons. The molecule has 0 saturated carbocycles. The molecule has 11 nitrogen and oxygen atoms in total. The van der Waals surface area contributed by atoms with Crippen LogP contribution in [0.5, 0.6) is 0 Å². The Morgan fingerprint density at radius 1 is 1.00 bits per heavy atom. The lowest BCUT2D eigenvalue weighted by Crippen LogP contribution is -2.63. The molecule has 49 heavy (non-hydrogen) atoms. The molecule has 0 aromatic rings. The minimum Gasteiger partial charge on any atom is -0.346 e. The number of likely N-dealkylation sites (tertiary alicyclic amines) is 1. The molecule has 1 saturated heterocycles. The molecule has 0 aliphatic carbocycles. The third-order valence-corrected chi connectivity index (χ3v) is 10.2. The van der Waals surface area contributed by atoms with Crippen molar-refractivity contribution in [3.8, 4) is 12.3 Å². The molecule has 1 rings (SSSR count). The van der Waals surface area contributed by atoms with Crippen LogP contribution in [0.3, 0.4) is 0 Å². The third kappa shape index (κ3) is 15.5. The van der Waals surface area contributed by atoms with Crippen LogP contribution in [-0.4, -0.2) is 85.9 Å². The summed E-state index contributed by atoms with van der Waals surface area (Å²) >= 11 is 0. The summed E-state index contributed by atoms with van der Waals surface area (Å²) < 4.78 is 12.8. The maximum atomic E-state index is 14.1. The van der Waals surface area contributed by atoms with Gasteiger partial charge in [0.25, 0.3) is 5.91 Å². The number of terminal acetylenes is 1. The molecule has 4 unspecified atom stereocenters. The molecular formula is C37H65N5O6S. The number of rotatable bonds is 17. The highest BCUT2D eigenvalue weighted by atomic mass is 32.2. The zero-order valence-electron chi connectivity index (χ0n) is 31.9. The monoisotopic (exact) mass is 707 g/mol. The van der Waals surface area contributed by atoms with Crippen LogP contribution in [-0.2, 0) is 30.0 Å². The average molecular weight is 708 g/mol. The normalized spacial score (nSPS) is 16.5. The van der Waals surface area contributed by atoms with Crippen LogP contribution in [0.1, 0.15) is 127 Å². The van der Waals surface area contributed by atoms with Crippen LogP contribution in [0, 0.1) is 17.8 Å². The summed E-state index contributed by atoms with van der Waals surface area (Å²) in [5.41, 5.74) is -1.44. The Morgan fingerprint density at radius 2 is 1.57 bits per heavy atom. The SMILES string of the molecule is C#CCCC(NC(=O)C1CCCN1C(=O)C(NC(=O)NC(CCC)(CCC)CS(=O)C(C)(C)C)C(C)(C)C)C(=O)C(=O)NCC=C.CCC. The molecule has 4 atom stereocenters. The van der Waals surface area contributed by atoms with E-state index in [1.54, 1.807) is 0 Å². The lowest BCUT2D eigenvalue weighted by Gasteiger charge is -2.39. The van der Waals surface area contributed by atoms with Crippen molar-refractivity contribution >= 4 is 40.3 Å². The van der Waals surface area contributed by atoms with Gasteiger partial charge in [0, 0.05) is 40.8 Å². The average Bonchev–Trinajstić information content (AvgIpc) is 3.50. The second-order valence-electron chi connectivity index (χ2n) is 14.8. The number of nitrogens with zero attached hydrogens (tertiary/aromatic N) is 1. The Bertz CT molecular complexity index is 1180. The number of carbonyl (C=O) groups is 5. The highest BCUT2D eigenvalue weighted by Gasteiger charge is 2.44. The molecule has 0 aromatic carbocycles. The van der Waals surface area contributed by atoms with Crippen molar-refractivity contribution < 1.29 is 28.2 Å². The second kappa shape index (κ2) is 21.8. The fraction of sp³-hybridized carbons (Fsp3) is 0.757. The fourth-order valence-corrected chi connectivity index (χ4v) is 6.85. The molecule has 5 amide bonds. The topological polar surface area (TPSA) is 154 Å². The Labute approximate surface area is 298 Å². The number of hydrogen-bond acceptors (Lipinski definition) is 6. The number of amides is 5. The third-order valence-electron chi connectivity index (χ3n) is 7.99. The standard InChI is InChI=1S/C34H57N5O6S.C3H8/c1-11-15-17-24(26(40)29(42)35-21-14-4)36-28(41)25-18-16-22-39(25)30(43)27(32(5,6)7)37-31(44)38-34(19-12-2,20-13-3)23-46(45)33(8,9)10;1-3-2/h1,14,24-25,27H,4,12-13,15-23H2,2-3,5-10H3,(H,35,42)(H,36,41)(H2,37,38,44);3H2,1-2H3. The highest BCUT2D eigenvalue weighted by molar-refractivity contribution is 7.86. The number of urea groups is 1. The van der Waals surface area contributed by atoms with Crippen LogP contribution in [0.2, 0.25) is 0 Å². The summed E-state index contributed by atoms with van der Waals surface area (Å²) in [6, 6.07) is -3.57. The van der Waals surface area contributed by atoms with Gasteiger partial charge in [-0.05, 0) is 58.3 Å². The fourth-order valence-electron chi connectivity index (χ4n) is 5.56. The van der Waals surface area contributed by atoms with Crippen LogP contribution in [0.15, 0.2) is 12.7 Å². The van der Waals surface area contributed by atoms with Gasteiger partial charge in [-0.1, -0.05) is 73.8 Å². The van der Waals surface area contributed by atoms with Crippen molar-refractivity contribution in [3.63, 3.8) is 0 Å². The van der Waals surface area contributed by atoms with Crippen molar-refractivity contribution in [2.24, 2.45) is 5.41 Å². The van der Waals surface area contributed by atoms with Crippen LogP contribution in [0.25, 0.3) is 0 Å². The first-order valence-corrected chi connectivity index (χ1v) is 19.0.